The van der Waals surface area contributed by atoms with E-state index in [1.54, 1.807) is 0 Å². The fourth-order valence-electron chi connectivity index (χ4n) is 2.12. The Hall–Kier alpha value is -0.540. The zero-order valence-electron chi connectivity index (χ0n) is 8.41. The van der Waals surface area contributed by atoms with Crippen LogP contribution < -0.4 is 5.73 Å². The number of aryl methyl sites for hydroxylation is 1. The molecular weight excluding hydrogens is 198 g/mol. The largest absolute Gasteiger partial charge is 0.326 e. The minimum Gasteiger partial charge on any atom is -0.326 e. The Morgan fingerprint density at radius 3 is 2.93 bits per heavy atom. The average molecular weight is 214 g/mol. The zero-order valence-corrected chi connectivity index (χ0v) is 9.17. The van der Waals surface area contributed by atoms with Crippen molar-refractivity contribution < 1.29 is 0 Å². The minimum atomic E-state index is 0.220. The van der Waals surface area contributed by atoms with E-state index in [2.05, 4.69) is 12.0 Å². The number of rotatable bonds is 2. The van der Waals surface area contributed by atoms with Gasteiger partial charge in [-0.25, -0.2) is 4.68 Å². The molecule has 1 saturated carbocycles. The number of hydrogen-bond donors (Lipinski definition) is 1. The van der Waals surface area contributed by atoms with Crippen LogP contribution in [0.25, 0.3) is 0 Å². The maximum atomic E-state index is 6.21. The summed E-state index contributed by atoms with van der Waals surface area (Å²) in [5.41, 5.74) is 7.13. The third-order valence-corrected chi connectivity index (χ3v) is 3.45. The highest BCUT2D eigenvalue weighted by Gasteiger charge is 2.27. The first-order valence-corrected chi connectivity index (χ1v) is 5.59. The van der Waals surface area contributed by atoms with Crippen molar-refractivity contribution in [2.24, 2.45) is 5.73 Å². The molecule has 1 aliphatic rings. The lowest BCUT2D eigenvalue weighted by Crippen LogP contribution is -2.27. The number of nitrogens with zero attached hydrogens (tertiary/aromatic N) is 2. The smallest absolute Gasteiger partial charge is 0.130 e. The summed E-state index contributed by atoms with van der Waals surface area (Å²) in [7, 11) is 0. The topological polar surface area (TPSA) is 43.8 Å². The predicted molar refractivity (Wildman–Crippen MR) is 57.5 cm³/mol. The molecule has 0 aromatic carbocycles. The van der Waals surface area contributed by atoms with Gasteiger partial charge >= 0.3 is 0 Å². The van der Waals surface area contributed by atoms with Crippen LogP contribution in [-0.4, -0.2) is 15.8 Å². The molecule has 2 unspecified atom stereocenters. The highest BCUT2D eigenvalue weighted by atomic mass is 35.5. The van der Waals surface area contributed by atoms with E-state index in [0.717, 1.165) is 30.0 Å². The van der Waals surface area contributed by atoms with Gasteiger partial charge in [-0.15, -0.1) is 0 Å². The number of halogens is 1. The molecule has 0 amide bonds. The second-order valence-electron chi connectivity index (χ2n) is 3.92. The zero-order chi connectivity index (χ0) is 10.1. The van der Waals surface area contributed by atoms with E-state index in [4.69, 9.17) is 17.3 Å². The molecule has 0 saturated heterocycles. The van der Waals surface area contributed by atoms with Crippen molar-refractivity contribution in [3.8, 4) is 0 Å². The summed E-state index contributed by atoms with van der Waals surface area (Å²) in [4.78, 5) is 0. The van der Waals surface area contributed by atoms with Gasteiger partial charge < -0.3 is 5.73 Å². The van der Waals surface area contributed by atoms with Crippen LogP contribution >= 0.6 is 11.6 Å². The van der Waals surface area contributed by atoms with E-state index in [9.17, 15) is 0 Å². The molecule has 1 aromatic heterocycles. The summed E-state index contributed by atoms with van der Waals surface area (Å²) in [6, 6.07) is 0.528. The van der Waals surface area contributed by atoms with Crippen LogP contribution in [0.15, 0.2) is 6.20 Å². The van der Waals surface area contributed by atoms with Crippen LogP contribution in [0.2, 0.25) is 5.15 Å². The monoisotopic (exact) mass is 213 g/mol. The highest BCUT2D eigenvalue weighted by Crippen LogP contribution is 2.31. The van der Waals surface area contributed by atoms with Gasteiger partial charge in [0.25, 0.3) is 0 Å². The first-order valence-electron chi connectivity index (χ1n) is 5.21. The maximum absolute atomic E-state index is 6.21. The first kappa shape index (κ1) is 9.99. The molecular formula is C10H16ClN3. The van der Waals surface area contributed by atoms with Crippen LogP contribution in [0, 0.1) is 0 Å². The Morgan fingerprint density at radius 2 is 2.43 bits per heavy atom. The molecule has 4 heteroatoms. The van der Waals surface area contributed by atoms with Crippen molar-refractivity contribution in [2.75, 3.05) is 0 Å². The Labute approximate surface area is 89.2 Å². The fourth-order valence-corrected chi connectivity index (χ4v) is 2.48. The SMILES string of the molecule is CCc1cnn(C2CCCC2N)c1Cl. The third kappa shape index (κ3) is 1.55. The summed E-state index contributed by atoms with van der Waals surface area (Å²) in [5, 5.41) is 5.10. The Balaban J connectivity index is 2.27. The summed E-state index contributed by atoms with van der Waals surface area (Å²) < 4.78 is 1.90. The standard InChI is InChI=1S/C10H16ClN3/c1-2-7-6-13-14(10(7)11)9-5-3-4-8(9)12/h6,8-9H,2-5,12H2,1H3. The molecule has 14 heavy (non-hydrogen) atoms. The second-order valence-corrected chi connectivity index (χ2v) is 4.28. The van der Waals surface area contributed by atoms with E-state index in [0.29, 0.717) is 6.04 Å². The lowest BCUT2D eigenvalue weighted by molar-refractivity contribution is 0.422. The fraction of sp³-hybridized carbons (Fsp3) is 0.700. The van der Waals surface area contributed by atoms with Gasteiger partial charge in [-0.05, 0) is 25.7 Å². The third-order valence-electron chi connectivity index (χ3n) is 3.03. The molecule has 1 aliphatic carbocycles. The molecule has 0 radical (unpaired) electrons. The first-order chi connectivity index (χ1) is 6.74. The minimum absolute atomic E-state index is 0.220. The second kappa shape index (κ2) is 3.91. The molecule has 0 aliphatic heterocycles. The van der Waals surface area contributed by atoms with Crippen LogP contribution in [0.5, 0.6) is 0 Å². The van der Waals surface area contributed by atoms with Crippen LogP contribution in [0.3, 0.4) is 0 Å². The van der Waals surface area contributed by atoms with Gasteiger partial charge in [0.1, 0.15) is 5.15 Å². The van der Waals surface area contributed by atoms with Gasteiger partial charge in [0.05, 0.1) is 12.2 Å². The quantitative estimate of drug-likeness (QED) is 0.818. The number of nitrogens with two attached hydrogens (primary N) is 1. The lowest BCUT2D eigenvalue weighted by Gasteiger charge is -2.16. The van der Waals surface area contributed by atoms with Crippen molar-refractivity contribution in [3.05, 3.63) is 16.9 Å². The van der Waals surface area contributed by atoms with Gasteiger partial charge in [0.2, 0.25) is 0 Å². The van der Waals surface area contributed by atoms with E-state index in [1.165, 1.54) is 6.42 Å². The molecule has 2 rings (SSSR count). The van der Waals surface area contributed by atoms with Crippen LogP contribution in [-0.2, 0) is 6.42 Å². The molecule has 78 valence electrons. The van der Waals surface area contributed by atoms with Crippen molar-refractivity contribution in [3.63, 3.8) is 0 Å². The van der Waals surface area contributed by atoms with Crippen molar-refractivity contribution in [2.45, 2.75) is 44.7 Å². The Kier molecular flexibility index (Phi) is 2.79. The number of hydrogen-bond acceptors (Lipinski definition) is 2. The van der Waals surface area contributed by atoms with Crippen LogP contribution in [0.4, 0.5) is 0 Å². The molecule has 1 fully saturated rings. The van der Waals surface area contributed by atoms with Gasteiger partial charge in [0, 0.05) is 11.6 Å². The molecule has 3 nitrogen and oxygen atoms in total. The number of aromatic nitrogens is 2. The molecule has 2 atom stereocenters. The summed E-state index contributed by atoms with van der Waals surface area (Å²) in [6.07, 6.45) is 6.16. The predicted octanol–water partition coefficient (Wildman–Crippen LogP) is 2.15. The molecule has 0 spiro atoms. The summed E-state index contributed by atoms with van der Waals surface area (Å²) in [6.45, 7) is 2.09. The van der Waals surface area contributed by atoms with Gasteiger partial charge in [-0.2, -0.15) is 5.10 Å². The molecule has 0 bridgehead atoms. The molecule has 2 N–H and O–H groups in total. The Morgan fingerprint density at radius 1 is 1.64 bits per heavy atom. The van der Waals surface area contributed by atoms with Gasteiger partial charge in [0.15, 0.2) is 0 Å². The summed E-state index contributed by atoms with van der Waals surface area (Å²) in [5.74, 6) is 0. The molecule has 1 aromatic rings. The van der Waals surface area contributed by atoms with E-state index >= 15 is 0 Å². The van der Waals surface area contributed by atoms with E-state index < -0.39 is 0 Å². The van der Waals surface area contributed by atoms with Crippen molar-refractivity contribution in [1.29, 1.82) is 0 Å². The maximum Gasteiger partial charge on any atom is 0.130 e. The van der Waals surface area contributed by atoms with Crippen LogP contribution in [0.1, 0.15) is 37.8 Å². The average Bonchev–Trinajstić information content (AvgIpc) is 2.72. The van der Waals surface area contributed by atoms with Gasteiger partial charge in [-0.3, -0.25) is 0 Å². The van der Waals surface area contributed by atoms with Crippen molar-refractivity contribution >= 4 is 11.6 Å². The summed E-state index contributed by atoms with van der Waals surface area (Å²) >= 11 is 6.21. The van der Waals surface area contributed by atoms with Gasteiger partial charge in [-0.1, -0.05) is 18.5 Å². The van der Waals surface area contributed by atoms with E-state index in [-0.39, 0.29) is 6.04 Å². The Bertz CT molecular complexity index is 321. The lowest BCUT2D eigenvalue weighted by atomic mass is 10.2. The van der Waals surface area contributed by atoms with E-state index in [1.807, 2.05) is 10.9 Å². The normalized spacial score (nSPS) is 27.1. The highest BCUT2D eigenvalue weighted by molar-refractivity contribution is 6.30. The van der Waals surface area contributed by atoms with Crippen molar-refractivity contribution in [1.82, 2.24) is 9.78 Å². The molecule has 1 heterocycles.